The number of benzene rings is 1. The molecule has 1 amide bonds. The summed E-state index contributed by atoms with van der Waals surface area (Å²) < 4.78 is 5.62. The Hall–Kier alpha value is -1.55. The predicted octanol–water partition coefficient (Wildman–Crippen LogP) is 2.35. The molecule has 1 aromatic rings. The molecular weight excluding hydrogens is 266 g/mol. The number of aryl methyl sites for hydroxylation is 1. The summed E-state index contributed by atoms with van der Waals surface area (Å²) in [5.74, 6) is 0.831. The van der Waals surface area contributed by atoms with E-state index in [0.717, 1.165) is 42.6 Å². The molecule has 2 atom stereocenters. The first kappa shape index (κ1) is 15.8. The highest BCUT2D eigenvalue weighted by molar-refractivity contribution is 5.78. The van der Waals surface area contributed by atoms with Crippen molar-refractivity contribution >= 4 is 5.91 Å². The third-order valence-corrected chi connectivity index (χ3v) is 4.40. The molecule has 4 nitrogen and oxygen atoms in total. The number of ether oxygens (including phenoxy) is 1. The summed E-state index contributed by atoms with van der Waals surface area (Å²) in [5.41, 5.74) is 2.22. The molecule has 1 fully saturated rings. The van der Waals surface area contributed by atoms with Gasteiger partial charge in [0.25, 0.3) is 5.91 Å². The molecule has 2 unspecified atom stereocenters. The van der Waals surface area contributed by atoms with E-state index in [4.69, 9.17) is 4.74 Å². The first-order valence-corrected chi connectivity index (χ1v) is 7.71. The maximum absolute atomic E-state index is 12.0. The number of rotatable bonds is 5. The first-order chi connectivity index (χ1) is 10.1. The lowest BCUT2D eigenvalue weighted by Gasteiger charge is -2.30. The van der Waals surface area contributed by atoms with Gasteiger partial charge in [-0.2, -0.15) is 0 Å². The van der Waals surface area contributed by atoms with Crippen molar-refractivity contribution in [1.29, 1.82) is 0 Å². The molecule has 0 spiro atoms. The summed E-state index contributed by atoms with van der Waals surface area (Å²) in [6.45, 7) is 4.18. The van der Waals surface area contributed by atoms with Gasteiger partial charge >= 0.3 is 0 Å². The Bertz CT molecular complexity index is 487. The van der Waals surface area contributed by atoms with Crippen LogP contribution in [-0.4, -0.2) is 30.3 Å². The highest BCUT2D eigenvalue weighted by atomic mass is 16.5. The van der Waals surface area contributed by atoms with E-state index in [0.29, 0.717) is 0 Å². The molecule has 1 saturated carbocycles. The zero-order valence-corrected chi connectivity index (χ0v) is 12.9. The fourth-order valence-electron chi connectivity index (χ4n) is 2.89. The zero-order valence-electron chi connectivity index (χ0n) is 12.9. The monoisotopic (exact) mass is 291 g/mol. The van der Waals surface area contributed by atoms with Crippen molar-refractivity contribution in [3.63, 3.8) is 0 Å². The third-order valence-electron chi connectivity index (χ3n) is 4.40. The molecule has 1 aromatic carbocycles. The molecule has 1 aliphatic carbocycles. The maximum atomic E-state index is 12.0. The average molecular weight is 291 g/mol. The van der Waals surface area contributed by atoms with Crippen molar-refractivity contribution in [2.75, 3.05) is 13.2 Å². The SMILES string of the molecule is Cc1cccc(OCC(=O)NC2CCCCC2CO)c1C. The molecule has 0 bridgehead atoms. The topological polar surface area (TPSA) is 58.6 Å². The van der Waals surface area contributed by atoms with E-state index in [1.807, 2.05) is 32.0 Å². The summed E-state index contributed by atoms with van der Waals surface area (Å²) in [7, 11) is 0. The van der Waals surface area contributed by atoms with Gasteiger partial charge in [-0.25, -0.2) is 0 Å². The summed E-state index contributed by atoms with van der Waals surface area (Å²) in [5, 5.41) is 12.4. The number of aliphatic hydroxyl groups excluding tert-OH is 1. The molecule has 2 N–H and O–H groups in total. The standard InChI is InChI=1S/C17H25NO3/c1-12-6-5-9-16(13(12)2)21-11-17(20)18-15-8-4-3-7-14(15)10-19/h5-6,9,14-15,19H,3-4,7-8,10-11H2,1-2H3,(H,18,20). The number of amides is 1. The van der Waals surface area contributed by atoms with Crippen LogP contribution in [0.4, 0.5) is 0 Å². The normalized spacial score (nSPS) is 21.9. The number of hydrogen-bond acceptors (Lipinski definition) is 3. The van der Waals surface area contributed by atoms with E-state index in [2.05, 4.69) is 5.32 Å². The fourth-order valence-corrected chi connectivity index (χ4v) is 2.89. The lowest BCUT2D eigenvalue weighted by Crippen LogP contribution is -2.45. The van der Waals surface area contributed by atoms with Crippen LogP contribution in [-0.2, 0) is 4.79 Å². The van der Waals surface area contributed by atoms with Crippen molar-refractivity contribution < 1.29 is 14.6 Å². The van der Waals surface area contributed by atoms with Crippen LogP contribution in [0.15, 0.2) is 18.2 Å². The van der Waals surface area contributed by atoms with Gasteiger partial charge in [0.05, 0.1) is 0 Å². The summed E-state index contributed by atoms with van der Waals surface area (Å²) in [4.78, 5) is 12.0. The lowest BCUT2D eigenvalue weighted by atomic mass is 9.85. The molecule has 0 saturated heterocycles. The molecule has 21 heavy (non-hydrogen) atoms. The second-order valence-electron chi connectivity index (χ2n) is 5.89. The Balaban J connectivity index is 1.85. The molecule has 2 rings (SSSR count). The van der Waals surface area contributed by atoms with E-state index >= 15 is 0 Å². The molecule has 0 aliphatic heterocycles. The quantitative estimate of drug-likeness (QED) is 0.875. The van der Waals surface area contributed by atoms with Crippen LogP contribution >= 0.6 is 0 Å². The van der Waals surface area contributed by atoms with Crippen LogP contribution in [0, 0.1) is 19.8 Å². The Kier molecular flexibility index (Phi) is 5.62. The fraction of sp³-hybridized carbons (Fsp3) is 0.588. The highest BCUT2D eigenvalue weighted by Crippen LogP contribution is 2.24. The van der Waals surface area contributed by atoms with E-state index in [1.54, 1.807) is 0 Å². The Labute approximate surface area is 126 Å². The molecule has 0 heterocycles. The Morgan fingerprint density at radius 2 is 2.10 bits per heavy atom. The second-order valence-corrected chi connectivity index (χ2v) is 5.89. The summed E-state index contributed by atoms with van der Waals surface area (Å²) in [6, 6.07) is 5.92. The number of nitrogens with one attached hydrogen (secondary N) is 1. The summed E-state index contributed by atoms with van der Waals surface area (Å²) in [6.07, 6.45) is 4.18. The van der Waals surface area contributed by atoms with Gasteiger partial charge in [0.1, 0.15) is 5.75 Å². The maximum Gasteiger partial charge on any atom is 0.258 e. The third kappa shape index (κ3) is 4.21. The van der Waals surface area contributed by atoms with Gasteiger partial charge < -0.3 is 15.2 Å². The van der Waals surface area contributed by atoms with Gasteiger partial charge in [-0.05, 0) is 43.9 Å². The minimum Gasteiger partial charge on any atom is -0.483 e. The van der Waals surface area contributed by atoms with E-state index in [9.17, 15) is 9.90 Å². The average Bonchev–Trinajstić information content (AvgIpc) is 2.49. The van der Waals surface area contributed by atoms with Crippen molar-refractivity contribution in [2.45, 2.75) is 45.6 Å². The number of aliphatic hydroxyl groups is 1. The van der Waals surface area contributed by atoms with Crippen LogP contribution in [0.5, 0.6) is 5.75 Å². The molecule has 0 aromatic heterocycles. The second kappa shape index (κ2) is 7.46. The highest BCUT2D eigenvalue weighted by Gasteiger charge is 2.25. The summed E-state index contributed by atoms with van der Waals surface area (Å²) >= 11 is 0. The van der Waals surface area contributed by atoms with E-state index in [1.165, 1.54) is 0 Å². The number of carbonyl (C=O) groups excluding carboxylic acids is 1. The zero-order chi connectivity index (χ0) is 15.2. The molecule has 4 heteroatoms. The van der Waals surface area contributed by atoms with Gasteiger partial charge in [0, 0.05) is 18.6 Å². The number of carbonyl (C=O) groups is 1. The first-order valence-electron chi connectivity index (χ1n) is 7.71. The van der Waals surface area contributed by atoms with Crippen LogP contribution in [0.25, 0.3) is 0 Å². The van der Waals surface area contributed by atoms with Crippen LogP contribution in [0.3, 0.4) is 0 Å². The Morgan fingerprint density at radius 1 is 1.33 bits per heavy atom. The van der Waals surface area contributed by atoms with E-state index < -0.39 is 0 Å². The van der Waals surface area contributed by atoms with Crippen molar-refractivity contribution in [3.8, 4) is 5.75 Å². The van der Waals surface area contributed by atoms with Crippen molar-refractivity contribution in [3.05, 3.63) is 29.3 Å². The van der Waals surface area contributed by atoms with Crippen LogP contribution in [0.2, 0.25) is 0 Å². The van der Waals surface area contributed by atoms with Gasteiger partial charge in [-0.15, -0.1) is 0 Å². The van der Waals surface area contributed by atoms with Gasteiger partial charge in [0.15, 0.2) is 6.61 Å². The van der Waals surface area contributed by atoms with Gasteiger partial charge in [0.2, 0.25) is 0 Å². The minimum atomic E-state index is -0.110. The van der Waals surface area contributed by atoms with Gasteiger partial charge in [-0.1, -0.05) is 25.0 Å². The molecular formula is C17H25NO3. The van der Waals surface area contributed by atoms with Crippen molar-refractivity contribution in [2.24, 2.45) is 5.92 Å². The van der Waals surface area contributed by atoms with Crippen LogP contribution < -0.4 is 10.1 Å². The van der Waals surface area contributed by atoms with Crippen molar-refractivity contribution in [1.82, 2.24) is 5.32 Å². The smallest absolute Gasteiger partial charge is 0.258 e. The predicted molar refractivity (Wildman–Crippen MR) is 82.4 cm³/mol. The minimum absolute atomic E-state index is 0.0267. The molecule has 116 valence electrons. The van der Waals surface area contributed by atoms with Crippen LogP contribution in [0.1, 0.15) is 36.8 Å². The largest absolute Gasteiger partial charge is 0.483 e. The Morgan fingerprint density at radius 3 is 2.86 bits per heavy atom. The van der Waals surface area contributed by atoms with Gasteiger partial charge in [-0.3, -0.25) is 4.79 Å². The van der Waals surface area contributed by atoms with E-state index in [-0.39, 0.29) is 31.1 Å². The number of hydrogen-bond donors (Lipinski definition) is 2. The molecule has 1 aliphatic rings. The molecule has 0 radical (unpaired) electrons. The lowest BCUT2D eigenvalue weighted by molar-refractivity contribution is -0.124.